The number of imidazole rings is 3. The molecule has 11 heterocycles. The van der Waals surface area contributed by atoms with Gasteiger partial charge in [0.15, 0.2) is 34.4 Å². The van der Waals surface area contributed by atoms with E-state index in [9.17, 15) is 92.3 Å². The smallest absolute Gasteiger partial charge is 0.364 e. The van der Waals surface area contributed by atoms with Crippen molar-refractivity contribution in [3.05, 3.63) is 199 Å². The van der Waals surface area contributed by atoms with Crippen LogP contribution in [0.1, 0.15) is 221 Å². The van der Waals surface area contributed by atoms with Crippen LogP contribution in [-0.4, -0.2) is 232 Å². The first-order valence-corrected chi connectivity index (χ1v) is 47.7. The first kappa shape index (κ1) is 98.4. The van der Waals surface area contributed by atoms with Crippen molar-refractivity contribution in [1.29, 1.82) is 0 Å². The number of carbonyl (C=O) groups is 11. The number of hydrogen-bond donors (Lipinski definition) is 7. The highest BCUT2D eigenvalue weighted by atomic mass is 35.5. The number of halogens is 13. The summed E-state index contributed by atoms with van der Waals surface area (Å²) in [6, 6.07) is 15.3. The number of alkyl halides is 4. The molecule has 736 valence electrons. The Kier molecular flexibility index (Phi) is 28.4. The second kappa shape index (κ2) is 40.2. The van der Waals surface area contributed by atoms with E-state index >= 15 is 0 Å². The number of nitrogens with two attached hydrogens (primary N) is 1. The number of aromatic nitrogens is 9. The van der Waals surface area contributed by atoms with Crippen LogP contribution in [0.5, 0.6) is 0 Å². The topological polar surface area (TPSA) is 390 Å². The summed E-state index contributed by atoms with van der Waals surface area (Å²) in [4.78, 5) is 174. The Bertz CT molecular complexity index is 6270. The molecule has 5 saturated carbocycles. The number of rotatable bonds is 17. The van der Waals surface area contributed by atoms with E-state index in [2.05, 4.69) is 56.3 Å². The predicted molar refractivity (Wildman–Crippen MR) is 490 cm³/mol. The van der Waals surface area contributed by atoms with E-state index in [4.69, 9.17) is 52.1 Å². The Hall–Kier alpha value is -12.2. The van der Waals surface area contributed by atoms with E-state index in [1.165, 1.54) is 93.3 Å². The molecule has 0 unspecified atom stereocenters. The number of aromatic amines is 2. The third kappa shape index (κ3) is 20.6. The lowest BCUT2D eigenvalue weighted by Crippen LogP contribution is -2.52. The number of piperazine rings is 1. The second-order valence-corrected chi connectivity index (χ2v) is 39.2. The van der Waals surface area contributed by atoms with Crippen molar-refractivity contribution < 1.29 is 92.3 Å². The fourth-order valence-corrected chi connectivity index (χ4v) is 22.1. The van der Waals surface area contributed by atoms with E-state index in [1.807, 2.05) is 0 Å². The predicted octanol–water partition coefficient (Wildman–Crippen LogP) is 13.7. The largest absolute Gasteiger partial charge is 0.401 e. The minimum Gasteiger partial charge on any atom is -0.364 e. The molecule has 6 saturated heterocycles. The SMILES string of the molecule is NC(=O)c1c(C(=O)NC2CC2)ncn1C1CCC2(CC1)CCN(c1ccc(F)cc1Cl)C2=O.O=C(NC1CCC2(CC1)CCN(c1cc(F)c(F)cc1Cl)C2=O)c1cnn2cccnc12.O=C(NC1CCC2(CC1)CCN(c1ccc(F)cc1Cl)C2=O)c1nc[nH]c1C(=O)N1CC(F)C1.O=C(NC1CCC2(CC1)CCN(c1ccc(F)cc1Cl)C2=O)c1nc[nH]c1C(=O)N1CCN(CC(F)(F)F)CC1. The molecule has 9 aromatic rings. The third-order valence-corrected chi connectivity index (χ3v) is 30.3. The van der Waals surface area contributed by atoms with Crippen LogP contribution in [0.3, 0.4) is 0 Å². The zero-order valence-electron chi connectivity index (χ0n) is 74.9. The first-order chi connectivity index (χ1) is 66.4. The lowest BCUT2D eigenvalue weighted by molar-refractivity contribution is -0.148. The van der Waals surface area contributed by atoms with Crippen molar-refractivity contribution in [3.63, 3.8) is 0 Å². The van der Waals surface area contributed by atoms with E-state index in [0.717, 1.165) is 25.0 Å². The van der Waals surface area contributed by atoms with Crippen molar-refractivity contribution in [2.75, 3.05) is 91.6 Å². The van der Waals surface area contributed by atoms with Gasteiger partial charge in [-0.15, -0.1) is 0 Å². The first-order valence-electron chi connectivity index (χ1n) is 46.1. The lowest BCUT2D eigenvalue weighted by atomic mass is 9.71. The quantitative estimate of drug-likeness (QED) is 0.0329. The maximum absolute atomic E-state index is 13.7. The van der Waals surface area contributed by atoms with Crippen LogP contribution in [0.2, 0.25) is 20.1 Å². The van der Waals surface area contributed by atoms with E-state index in [-0.39, 0.29) is 165 Å². The summed E-state index contributed by atoms with van der Waals surface area (Å²) in [5, 5.41) is 16.5. The van der Waals surface area contributed by atoms with Crippen molar-refractivity contribution >= 4 is 140 Å². The lowest BCUT2D eigenvalue weighted by Gasteiger charge is -2.36. The minimum atomic E-state index is -4.31. The van der Waals surface area contributed by atoms with Crippen molar-refractivity contribution in [3.8, 4) is 0 Å². The Labute approximate surface area is 809 Å². The second-order valence-electron chi connectivity index (χ2n) is 37.6. The molecule has 11 aliphatic rings. The molecule has 0 bridgehead atoms. The van der Waals surface area contributed by atoms with Crippen LogP contribution < -0.4 is 46.6 Å². The maximum atomic E-state index is 13.7. The minimum absolute atomic E-state index is 0.000265. The molecule has 0 radical (unpaired) electrons. The highest BCUT2D eigenvalue weighted by molar-refractivity contribution is 6.35. The molecule has 6 aliphatic heterocycles. The fraction of sp³-hybridized carbons (Fsp3) is 0.468. The number of anilines is 4. The molecule has 0 atom stereocenters. The number of nitrogens with zero attached hydrogens (tertiary/aromatic N) is 14. The number of hydrogen-bond acceptors (Lipinski definition) is 17. The molecule has 45 heteroatoms. The van der Waals surface area contributed by atoms with Gasteiger partial charge in [0, 0.05) is 101 Å². The summed E-state index contributed by atoms with van der Waals surface area (Å²) in [7, 11) is 0. The van der Waals surface area contributed by atoms with E-state index in [0.29, 0.717) is 183 Å². The zero-order chi connectivity index (χ0) is 98.5. The van der Waals surface area contributed by atoms with Crippen LogP contribution >= 0.6 is 46.4 Å². The van der Waals surface area contributed by atoms with Crippen molar-refractivity contribution in [1.82, 2.24) is 80.1 Å². The number of carbonyl (C=O) groups excluding carboxylic acids is 11. The number of nitrogens with one attached hydrogen (secondary N) is 6. The molecule has 11 amide bonds. The van der Waals surface area contributed by atoms with Gasteiger partial charge in [-0.25, -0.2) is 50.8 Å². The van der Waals surface area contributed by atoms with Crippen LogP contribution in [0.15, 0.2) is 110 Å². The highest BCUT2D eigenvalue weighted by Crippen LogP contribution is 2.53. The van der Waals surface area contributed by atoms with Gasteiger partial charge in [0.1, 0.15) is 46.3 Å². The summed E-state index contributed by atoms with van der Waals surface area (Å²) in [5.41, 5.74) is 6.20. The Morgan fingerprint density at radius 1 is 0.453 bits per heavy atom. The molecule has 5 aromatic heterocycles. The molecule has 4 aromatic carbocycles. The summed E-state index contributed by atoms with van der Waals surface area (Å²) < 4.78 is 122. The monoisotopic (exact) mass is 2010 g/mol. The average molecular weight is 2010 g/mol. The van der Waals surface area contributed by atoms with Gasteiger partial charge in [-0.1, -0.05) is 46.4 Å². The van der Waals surface area contributed by atoms with Gasteiger partial charge in [-0.2, -0.15) is 18.3 Å². The van der Waals surface area contributed by atoms with Gasteiger partial charge in [0.05, 0.1) is 109 Å². The van der Waals surface area contributed by atoms with E-state index < -0.39 is 99.2 Å². The molecule has 8 N–H and O–H groups in total. The van der Waals surface area contributed by atoms with Crippen molar-refractivity contribution in [2.24, 2.45) is 27.4 Å². The summed E-state index contributed by atoms with van der Waals surface area (Å²) in [5.74, 6) is -6.91. The van der Waals surface area contributed by atoms with Crippen LogP contribution in [0.4, 0.5) is 62.3 Å². The molecular weight excluding hydrogens is 1910 g/mol. The summed E-state index contributed by atoms with van der Waals surface area (Å²) in [6.07, 6.45) is 17.6. The van der Waals surface area contributed by atoms with Gasteiger partial charge in [-0.05, 0) is 208 Å². The molecular formula is C94H98Cl4F9N21O11. The third-order valence-electron chi connectivity index (χ3n) is 29.1. The molecule has 32 nitrogen and oxygen atoms in total. The number of H-pyrrole nitrogens is 2. The average Bonchev–Trinajstić information content (AvgIpc) is 1.61. The van der Waals surface area contributed by atoms with Gasteiger partial charge < -0.3 is 70.9 Å². The standard InChI is InChI=1S/C26H29ClF4N6O3.C23H24ClF2N5O3.C23H25ClFN5O3.C22H20ClF2N5O2/c27-18-13-16(28)1-2-19(18)37-8-7-25(24(37)40)5-3-17(4-6-25)34-22(38)20-21(33-15-32-20)23(39)36-11-9-35(10-12-36)14-26(29,30)31;24-16-9-13(25)1-2-17(16)31-8-7-23(22(31)34)5-3-15(4-6-23)29-20(32)18-19(28-12-27-18)21(33)30-10-14(26)11-30;24-16-11-13(25)1-4-17(16)29-10-9-23(22(29)33)7-5-15(6-8-23)30-12-27-18(19(30)20(26)31)21(32)28-14-2-3-14;23-15-10-16(24)17(25)11-18(15)29-9-6-22(21(29)32)4-2-13(3-5-22)28-20(31)14-12-27-30-8-1-7-26-19(14)30/h1-2,13,15,17H,3-12,14H2,(H,32,33)(H,34,38);1-2,9,12,14-15H,3-8,10-11H2,(H,27,28)(H,29,32);1,4,11-12,14-15H,2-3,5-10H2,(H2,26,31)(H,28,32);1,7-8,10-13H,2-6,9H2,(H,28,31). The Balaban J connectivity index is 0.000000128. The summed E-state index contributed by atoms with van der Waals surface area (Å²) >= 11 is 24.6. The van der Waals surface area contributed by atoms with Crippen molar-refractivity contribution in [2.45, 2.75) is 184 Å². The highest BCUT2D eigenvalue weighted by Gasteiger charge is 2.55. The molecule has 4 spiro atoms. The van der Waals surface area contributed by atoms with Gasteiger partial charge in [-0.3, -0.25) is 57.6 Å². The Morgan fingerprint density at radius 3 is 1.25 bits per heavy atom. The van der Waals surface area contributed by atoms with Gasteiger partial charge in [0.2, 0.25) is 23.6 Å². The van der Waals surface area contributed by atoms with Gasteiger partial charge in [0.25, 0.3) is 41.4 Å². The molecule has 5 aliphatic carbocycles. The number of benzene rings is 4. The van der Waals surface area contributed by atoms with Crippen LogP contribution in [0.25, 0.3) is 5.65 Å². The molecule has 139 heavy (non-hydrogen) atoms. The number of likely N-dealkylation sites (tertiary alicyclic amines) is 1. The van der Waals surface area contributed by atoms with Crippen LogP contribution in [0, 0.1) is 50.7 Å². The fourth-order valence-electron chi connectivity index (χ4n) is 21.1. The number of primary amides is 1. The number of fused-ring (bicyclic) bond motifs is 1. The molecule has 20 rings (SSSR count). The Morgan fingerprint density at radius 2 is 0.842 bits per heavy atom. The normalized spacial score (nSPS) is 24.4. The summed E-state index contributed by atoms with van der Waals surface area (Å²) in [6.45, 7) is 1.27. The number of amides is 11. The maximum Gasteiger partial charge on any atom is 0.401 e. The zero-order valence-corrected chi connectivity index (χ0v) is 78.0. The van der Waals surface area contributed by atoms with Crippen LogP contribution in [-0.2, 0) is 19.2 Å². The van der Waals surface area contributed by atoms with Gasteiger partial charge >= 0.3 is 6.18 Å². The molecule has 11 fully saturated rings. The van der Waals surface area contributed by atoms with E-state index in [1.54, 1.807) is 48.3 Å².